The predicted molar refractivity (Wildman–Crippen MR) is 56.7 cm³/mol. The SMILES string of the molecule is C#CCCNC(=O)c1cc(OC)cs1. The van der Waals surface area contributed by atoms with E-state index in [9.17, 15) is 4.79 Å². The summed E-state index contributed by atoms with van der Waals surface area (Å²) in [5, 5.41) is 4.50. The lowest BCUT2D eigenvalue weighted by Crippen LogP contribution is -2.23. The van der Waals surface area contributed by atoms with Crippen LogP contribution >= 0.6 is 11.3 Å². The number of methoxy groups -OCH3 is 1. The van der Waals surface area contributed by atoms with Crippen LogP contribution in [0, 0.1) is 12.3 Å². The van der Waals surface area contributed by atoms with Gasteiger partial charge in [-0.25, -0.2) is 0 Å². The molecule has 0 radical (unpaired) electrons. The molecule has 1 amide bonds. The summed E-state index contributed by atoms with van der Waals surface area (Å²) in [5.74, 6) is 3.06. The molecule has 1 aromatic heterocycles. The average Bonchev–Trinajstić information content (AvgIpc) is 2.66. The summed E-state index contributed by atoms with van der Waals surface area (Å²) in [5.41, 5.74) is 0. The number of amides is 1. The molecule has 0 aromatic carbocycles. The van der Waals surface area contributed by atoms with Crippen LogP contribution < -0.4 is 10.1 Å². The molecule has 1 rings (SSSR count). The maximum absolute atomic E-state index is 11.4. The molecular weight excluding hydrogens is 198 g/mol. The fourth-order valence-electron chi connectivity index (χ4n) is 0.880. The number of thiophene rings is 1. The summed E-state index contributed by atoms with van der Waals surface area (Å²) >= 11 is 1.35. The van der Waals surface area contributed by atoms with E-state index < -0.39 is 0 Å². The lowest BCUT2D eigenvalue weighted by Gasteiger charge is -1.98. The van der Waals surface area contributed by atoms with E-state index in [4.69, 9.17) is 11.2 Å². The minimum atomic E-state index is -0.103. The van der Waals surface area contributed by atoms with Gasteiger partial charge in [0.05, 0.1) is 12.0 Å². The van der Waals surface area contributed by atoms with Crippen LogP contribution in [0.2, 0.25) is 0 Å². The highest BCUT2D eigenvalue weighted by Crippen LogP contribution is 2.20. The fraction of sp³-hybridized carbons (Fsp3) is 0.300. The number of hydrogen-bond acceptors (Lipinski definition) is 3. The summed E-state index contributed by atoms with van der Waals surface area (Å²) in [6.07, 6.45) is 5.61. The molecule has 0 atom stereocenters. The van der Waals surface area contributed by atoms with Crippen molar-refractivity contribution in [3.63, 3.8) is 0 Å². The monoisotopic (exact) mass is 209 g/mol. The molecule has 3 nitrogen and oxygen atoms in total. The van der Waals surface area contributed by atoms with Gasteiger partial charge in [0.1, 0.15) is 5.75 Å². The number of terminal acetylenes is 1. The first-order valence-corrected chi connectivity index (χ1v) is 5.00. The topological polar surface area (TPSA) is 38.3 Å². The zero-order chi connectivity index (χ0) is 10.4. The first-order valence-electron chi connectivity index (χ1n) is 4.12. The Morgan fingerprint density at radius 3 is 3.14 bits per heavy atom. The third kappa shape index (κ3) is 2.79. The minimum absolute atomic E-state index is 0.103. The predicted octanol–water partition coefficient (Wildman–Crippen LogP) is 1.51. The van der Waals surface area contributed by atoms with E-state index in [0.717, 1.165) is 0 Å². The lowest BCUT2D eigenvalue weighted by molar-refractivity contribution is 0.0958. The van der Waals surface area contributed by atoms with Crippen LogP contribution in [-0.4, -0.2) is 19.6 Å². The zero-order valence-electron chi connectivity index (χ0n) is 7.87. The van der Waals surface area contributed by atoms with Crippen molar-refractivity contribution in [3.8, 4) is 18.1 Å². The van der Waals surface area contributed by atoms with E-state index in [1.807, 2.05) is 0 Å². The highest BCUT2D eigenvalue weighted by molar-refractivity contribution is 7.12. The van der Waals surface area contributed by atoms with Crippen molar-refractivity contribution in [3.05, 3.63) is 16.3 Å². The first kappa shape index (κ1) is 10.6. The van der Waals surface area contributed by atoms with Gasteiger partial charge in [-0.1, -0.05) is 0 Å². The highest BCUT2D eigenvalue weighted by atomic mass is 32.1. The molecule has 0 saturated heterocycles. The number of nitrogens with one attached hydrogen (secondary N) is 1. The van der Waals surface area contributed by atoms with Crippen molar-refractivity contribution in [2.24, 2.45) is 0 Å². The molecule has 0 unspecified atom stereocenters. The molecule has 0 spiro atoms. The van der Waals surface area contributed by atoms with Gasteiger partial charge in [0.2, 0.25) is 0 Å². The van der Waals surface area contributed by atoms with Gasteiger partial charge in [-0.05, 0) is 0 Å². The van der Waals surface area contributed by atoms with Crippen molar-refractivity contribution in [1.29, 1.82) is 0 Å². The average molecular weight is 209 g/mol. The number of rotatable bonds is 4. The van der Waals surface area contributed by atoms with Gasteiger partial charge in [0, 0.05) is 24.4 Å². The van der Waals surface area contributed by atoms with E-state index >= 15 is 0 Å². The molecule has 0 saturated carbocycles. The number of carbonyl (C=O) groups excluding carboxylic acids is 1. The Labute approximate surface area is 87.1 Å². The Kier molecular flexibility index (Phi) is 4.02. The van der Waals surface area contributed by atoms with Crippen molar-refractivity contribution >= 4 is 17.2 Å². The van der Waals surface area contributed by atoms with E-state index in [-0.39, 0.29) is 5.91 Å². The smallest absolute Gasteiger partial charge is 0.261 e. The van der Waals surface area contributed by atoms with Crippen LogP contribution in [0.1, 0.15) is 16.1 Å². The quantitative estimate of drug-likeness (QED) is 0.603. The molecule has 14 heavy (non-hydrogen) atoms. The number of carbonyl (C=O) groups is 1. The van der Waals surface area contributed by atoms with E-state index in [1.54, 1.807) is 18.6 Å². The van der Waals surface area contributed by atoms with Crippen LogP contribution in [0.5, 0.6) is 5.75 Å². The summed E-state index contributed by atoms with van der Waals surface area (Å²) in [6.45, 7) is 0.509. The summed E-state index contributed by atoms with van der Waals surface area (Å²) in [6, 6.07) is 1.70. The van der Waals surface area contributed by atoms with Crippen molar-refractivity contribution < 1.29 is 9.53 Å². The maximum atomic E-state index is 11.4. The molecule has 1 aromatic rings. The van der Waals surface area contributed by atoms with Crippen molar-refractivity contribution in [2.75, 3.05) is 13.7 Å². The number of hydrogen-bond donors (Lipinski definition) is 1. The van der Waals surface area contributed by atoms with Gasteiger partial charge >= 0.3 is 0 Å². The molecule has 0 fully saturated rings. The van der Waals surface area contributed by atoms with Gasteiger partial charge in [-0.2, -0.15) is 0 Å². The fourth-order valence-corrected chi connectivity index (χ4v) is 1.65. The Bertz CT molecular complexity index is 351. The molecule has 0 aliphatic heterocycles. The van der Waals surface area contributed by atoms with Crippen LogP contribution in [0.4, 0.5) is 0 Å². The summed E-state index contributed by atoms with van der Waals surface area (Å²) < 4.78 is 4.97. The molecular formula is C10H11NO2S. The molecule has 74 valence electrons. The second-order valence-corrected chi connectivity index (χ2v) is 3.47. The second kappa shape index (κ2) is 5.30. The summed E-state index contributed by atoms with van der Waals surface area (Å²) in [4.78, 5) is 12.1. The molecule has 1 N–H and O–H groups in total. The number of ether oxygens (including phenoxy) is 1. The molecule has 4 heteroatoms. The normalized spacial score (nSPS) is 9.14. The van der Waals surface area contributed by atoms with Gasteiger partial charge < -0.3 is 10.1 Å². The van der Waals surface area contributed by atoms with Crippen LogP contribution in [0.3, 0.4) is 0 Å². The van der Waals surface area contributed by atoms with Crippen LogP contribution in [-0.2, 0) is 0 Å². The lowest BCUT2D eigenvalue weighted by atomic mass is 10.4. The van der Waals surface area contributed by atoms with Gasteiger partial charge in [-0.15, -0.1) is 23.7 Å². The van der Waals surface area contributed by atoms with Gasteiger partial charge in [0.25, 0.3) is 5.91 Å². The Morgan fingerprint density at radius 2 is 2.57 bits per heavy atom. The van der Waals surface area contributed by atoms with Crippen molar-refractivity contribution in [2.45, 2.75) is 6.42 Å². The third-order valence-corrected chi connectivity index (χ3v) is 2.50. The van der Waals surface area contributed by atoms with Crippen LogP contribution in [0.15, 0.2) is 11.4 Å². The van der Waals surface area contributed by atoms with Crippen LogP contribution in [0.25, 0.3) is 0 Å². The van der Waals surface area contributed by atoms with Gasteiger partial charge in [0.15, 0.2) is 0 Å². The standard InChI is InChI=1S/C10H11NO2S/c1-3-4-5-11-10(12)9-6-8(13-2)7-14-9/h1,6-7H,4-5H2,2H3,(H,11,12). The Balaban J connectivity index is 2.48. The van der Waals surface area contributed by atoms with E-state index in [0.29, 0.717) is 23.6 Å². The van der Waals surface area contributed by atoms with E-state index in [2.05, 4.69) is 11.2 Å². The Hall–Kier alpha value is -1.47. The third-order valence-electron chi connectivity index (χ3n) is 1.59. The molecule has 1 heterocycles. The largest absolute Gasteiger partial charge is 0.496 e. The molecule has 0 bridgehead atoms. The van der Waals surface area contributed by atoms with E-state index in [1.165, 1.54) is 11.3 Å². The second-order valence-electron chi connectivity index (χ2n) is 2.56. The molecule has 0 aliphatic rings. The first-order chi connectivity index (χ1) is 6.77. The highest BCUT2D eigenvalue weighted by Gasteiger charge is 2.07. The van der Waals surface area contributed by atoms with Crippen molar-refractivity contribution in [1.82, 2.24) is 5.32 Å². The summed E-state index contributed by atoms with van der Waals surface area (Å²) in [7, 11) is 1.57. The van der Waals surface area contributed by atoms with Gasteiger partial charge in [-0.3, -0.25) is 4.79 Å². The maximum Gasteiger partial charge on any atom is 0.261 e. The zero-order valence-corrected chi connectivity index (χ0v) is 8.69. The Morgan fingerprint density at radius 1 is 1.79 bits per heavy atom. The molecule has 0 aliphatic carbocycles. The minimum Gasteiger partial charge on any atom is -0.496 e.